The van der Waals surface area contributed by atoms with Gasteiger partial charge in [0, 0.05) is 54.6 Å². The van der Waals surface area contributed by atoms with Crippen LogP contribution in [0.25, 0.3) is 27.8 Å². The third kappa shape index (κ3) is 7.67. The highest BCUT2D eigenvalue weighted by Crippen LogP contribution is 2.43. The molecule has 2 N–H and O–H groups in total. The first-order chi connectivity index (χ1) is 27.1. The number of phosphoric acid groups is 1. The van der Waals surface area contributed by atoms with Crippen LogP contribution >= 0.6 is 7.82 Å². The van der Waals surface area contributed by atoms with Crippen LogP contribution in [0.5, 0.6) is 11.5 Å². The summed E-state index contributed by atoms with van der Waals surface area (Å²) in [6.07, 6.45) is -1.16. The maximum atomic E-state index is 16.3. The van der Waals surface area contributed by atoms with E-state index in [2.05, 4.69) is 14.5 Å². The Labute approximate surface area is 321 Å². The van der Waals surface area contributed by atoms with Crippen molar-refractivity contribution in [2.75, 3.05) is 18.6 Å². The molecule has 0 bridgehead atoms. The number of rotatable bonds is 10. The Morgan fingerprint density at radius 1 is 0.982 bits per heavy atom. The van der Waals surface area contributed by atoms with E-state index in [-0.39, 0.29) is 29.3 Å². The van der Waals surface area contributed by atoms with Crippen LogP contribution in [0.1, 0.15) is 47.4 Å². The van der Waals surface area contributed by atoms with Gasteiger partial charge in [0.15, 0.2) is 23.1 Å². The first-order valence-corrected chi connectivity index (χ1v) is 19.1. The number of methoxy groups -OCH3 is 1. The van der Waals surface area contributed by atoms with E-state index in [0.717, 1.165) is 45.9 Å². The number of aromatic nitrogens is 5. The van der Waals surface area contributed by atoms with Gasteiger partial charge in [-0.25, -0.2) is 37.4 Å². The van der Waals surface area contributed by atoms with Crippen molar-refractivity contribution in [2.24, 2.45) is 0 Å². The lowest BCUT2D eigenvalue weighted by molar-refractivity contribution is -0.138. The number of carbonyl (C=O) groups excluding carboxylic acids is 1. The molecule has 3 aromatic heterocycles. The number of benzene rings is 3. The Bertz CT molecular complexity index is 2530. The summed E-state index contributed by atoms with van der Waals surface area (Å²) in [7, 11) is -3.79. The maximum absolute atomic E-state index is 16.3. The zero-order valence-electron chi connectivity index (χ0n) is 30.5. The largest absolute Gasteiger partial charge is 0.524 e. The molecule has 19 heteroatoms. The molecule has 298 valence electrons. The molecule has 0 atom stereocenters. The topological polar surface area (TPSA) is 154 Å². The van der Waals surface area contributed by atoms with Gasteiger partial charge in [-0.05, 0) is 53.8 Å². The highest BCUT2D eigenvalue weighted by molar-refractivity contribution is 7.46. The van der Waals surface area contributed by atoms with Crippen molar-refractivity contribution >= 4 is 30.8 Å². The summed E-state index contributed by atoms with van der Waals surface area (Å²) < 4.78 is 100. The van der Waals surface area contributed by atoms with Gasteiger partial charge in [-0.3, -0.25) is 9.79 Å². The molecule has 7 rings (SSSR count). The Morgan fingerprint density at radius 3 is 2.30 bits per heavy atom. The summed E-state index contributed by atoms with van der Waals surface area (Å²) in [4.78, 5) is 41.4. The number of hydrogen-bond acceptors (Lipinski definition) is 9. The predicted octanol–water partition coefficient (Wildman–Crippen LogP) is 7.93. The third-order valence-electron chi connectivity index (χ3n) is 9.57. The lowest BCUT2D eigenvalue weighted by atomic mass is 9.97. The van der Waals surface area contributed by atoms with Gasteiger partial charge in [-0.1, -0.05) is 38.1 Å². The minimum Gasteiger partial charge on any atom is -0.492 e. The van der Waals surface area contributed by atoms with Crippen LogP contribution < -0.4 is 14.2 Å². The van der Waals surface area contributed by atoms with Crippen molar-refractivity contribution in [1.29, 1.82) is 0 Å². The molecule has 1 aliphatic heterocycles. The number of nitrogens with zero attached hydrogens (tertiary/aromatic N) is 6. The van der Waals surface area contributed by atoms with E-state index in [1.807, 2.05) is 32.0 Å². The summed E-state index contributed by atoms with van der Waals surface area (Å²) >= 11 is 0. The van der Waals surface area contributed by atoms with E-state index in [4.69, 9.17) is 24.4 Å². The minimum atomic E-state index is -5.03. The number of aryl methyl sites for hydroxylation is 2. The summed E-state index contributed by atoms with van der Waals surface area (Å²) in [6, 6.07) is 11.9. The van der Waals surface area contributed by atoms with E-state index in [0.29, 0.717) is 53.7 Å². The zero-order chi connectivity index (χ0) is 40.8. The van der Waals surface area contributed by atoms with Gasteiger partial charge in [-0.2, -0.15) is 18.3 Å². The van der Waals surface area contributed by atoms with Gasteiger partial charge in [-0.15, -0.1) is 0 Å². The fourth-order valence-corrected chi connectivity index (χ4v) is 7.36. The molecule has 6 aromatic rings. The minimum absolute atomic E-state index is 0.00815. The molecule has 0 aliphatic carbocycles. The second-order valence-corrected chi connectivity index (χ2v) is 14.2. The molecule has 3 aromatic carbocycles. The molecular formula is C38H34F5N6O7P. The van der Waals surface area contributed by atoms with Gasteiger partial charge in [0.25, 0.3) is 0 Å². The smallest absolute Gasteiger partial charge is 0.492 e. The zero-order valence-corrected chi connectivity index (χ0v) is 31.4. The summed E-state index contributed by atoms with van der Waals surface area (Å²) in [5.41, 5.74) is 3.97. The molecule has 0 amide bonds. The number of fused-ring (bicyclic) bond motifs is 2. The number of phosphoric ester groups is 1. The van der Waals surface area contributed by atoms with Crippen LogP contribution in [0.3, 0.4) is 0 Å². The normalized spacial score (nSPS) is 13.2. The summed E-state index contributed by atoms with van der Waals surface area (Å²) in [5.74, 6) is -2.84. The standard InChI is InChI=1S/C38H34F5N6O7P/c1-4-22-7-6-8-23(5-2)32(22)49-33(27-19-47(13-12-30(27)46-49)36-44-17-24(18-45-36)38(41,42)43)26-16-29(40)35(54-3)34-25(26)11-14-48(34)37(50)55-20-21-9-10-31(28(39)15-21)56-57(51,52)53/h6-11,14-18H,4-5,12-13,19-20H2,1-3H3,(H2,51,52,53). The number of para-hydroxylation sites is 1. The highest BCUT2D eigenvalue weighted by atomic mass is 31.2. The van der Waals surface area contributed by atoms with Crippen LogP contribution in [0.15, 0.2) is 67.1 Å². The average molecular weight is 813 g/mol. The number of ether oxygens (including phenoxy) is 2. The van der Waals surface area contributed by atoms with E-state index in [1.165, 1.54) is 25.4 Å². The van der Waals surface area contributed by atoms with Crippen LogP contribution in [-0.4, -0.2) is 53.9 Å². The molecule has 13 nitrogen and oxygen atoms in total. The molecule has 4 heterocycles. The Morgan fingerprint density at radius 2 is 1.68 bits per heavy atom. The predicted molar refractivity (Wildman–Crippen MR) is 196 cm³/mol. The van der Waals surface area contributed by atoms with Gasteiger partial charge in [0.05, 0.1) is 29.7 Å². The lowest BCUT2D eigenvalue weighted by Gasteiger charge is -2.27. The van der Waals surface area contributed by atoms with Crippen LogP contribution in [-0.2, 0) is 47.9 Å². The van der Waals surface area contributed by atoms with Crippen molar-refractivity contribution in [1.82, 2.24) is 24.3 Å². The first kappa shape index (κ1) is 39.4. The molecule has 0 fully saturated rings. The van der Waals surface area contributed by atoms with Crippen molar-refractivity contribution in [2.45, 2.75) is 52.4 Å². The Kier molecular flexibility index (Phi) is 10.5. The number of halogens is 5. The van der Waals surface area contributed by atoms with E-state index < -0.39 is 49.6 Å². The number of anilines is 1. The van der Waals surface area contributed by atoms with E-state index >= 15 is 4.39 Å². The van der Waals surface area contributed by atoms with Gasteiger partial charge < -0.3 is 18.9 Å². The molecule has 0 spiro atoms. The van der Waals surface area contributed by atoms with Crippen LogP contribution in [0, 0.1) is 11.6 Å². The third-order valence-corrected chi connectivity index (χ3v) is 10.0. The summed E-state index contributed by atoms with van der Waals surface area (Å²) in [6.45, 7) is 3.97. The van der Waals surface area contributed by atoms with Gasteiger partial charge in [0.1, 0.15) is 12.1 Å². The van der Waals surface area contributed by atoms with Crippen molar-refractivity contribution < 1.29 is 55.1 Å². The second-order valence-electron chi connectivity index (χ2n) is 13.0. The SMILES string of the molecule is CCc1cccc(CC)c1-n1nc2c(c1-c1cc(F)c(OC)c3c1ccn3C(=O)OCc1ccc(OP(=O)(O)O)c(F)c1)CN(c1ncc(C(F)(F)F)cn1)CC2. The van der Waals surface area contributed by atoms with Crippen molar-refractivity contribution in [3.05, 3.63) is 112 Å². The lowest BCUT2D eigenvalue weighted by Crippen LogP contribution is -2.31. The summed E-state index contributed by atoms with van der Waals surface area (Å²) in [5, 5.41) is 5.44. The molecule has 0 saturated heterocycles. The maximum Gasteiger partial charge on any atom is 0.524 e. The van der Waals surface area contributed by atoms with Crippen molar-refractivity contribution in [3.8, 4) is 28.4 Å². The fourth-order valence-electron chi connectivity index (χ4n) is 6.96. The highest BCUT2D eigenvalue weighted by Gasteiger charge is 2.34. The number of carbonyl (C=O) groups is 1. The second kappa shape index (κ2) is 15.2. The van der Waals surface area contributed by atoms with E-state index in [1.54, 1.807) is 15.6 Å². The van der Waals surface area contributed by atoms with Crippen LogP contribution in [0.4, 0.5) is 32.7 Å². The van der Waals surface area contributed by atoms with Crippen molar-refractivity contribution in [3.63, 3.8) is 0 Å². The number of hydrogen-bond donors (Lipinski definition) is 2. The van der Waals surface area contributed by atoms with Gasteiger partial charge in [0.2, 0.25) is 5.95 Å². The molecule has 1 aliphatic rings. The molecule has 57 heavy (non-hydrogen) atoms. The molecule has 0 saturated carbocycles. The monoisotopic (exact) mass is 812 g/mol. The molecule has 0 unspecified atom stereocenters. The van der Waals surface area contributed by atoms with Crippen LogP contribution in [0.2, 0.25) is 0 Å². The Balaban J connectivity index is 1.34. The van der Waals surface area contributed by atoms with Gasteiger partial charge >= 0.3 is 20.1 Å². The quantitative estimate of drug-likeness (QED) is 0.102. The average Bonchev–Trinajstić information content (AvgIpc) is 3.78. The molecular weight excluding hydrogens is 778 g/mol. The van der Waals surface area contributed by atoms with E-state index in [9.17, 15) is 26.9 Å². The first-order valence-electron chi connectivity index (χ1n) is 17.6. The molecule has 0 radical (unpaired) electrons. The Hall–Kier alpha value is -5.84. The number of alkyl halides is 3. The fraction of sp³-hybridized carbons (Fsp3) is 0.263.